The third-order valence-electron chi connectivity index (χ3n) is 6.67. The lowest BCUT2D eigenvalue weighted by Gasteiger charge is -2.45. The molecule has 3 aliphatic rings. The van der Waals surface area contributed by atoms with Gasteiger partial charge in [-0.1, -0.05) is 5.16 Å². The van der Waals surface area contributed by atoms with Gasteiger partial charge in [-0.2, -0.15) is 0 Å². The molecule has 0 aromatic heterocycles. The molecule has 32 heavy (non-hydrogen) atoms. The highest BCUT2D eigenvalue weighted by molar-refractivity contribution is 6.22. The maximum Gasteiger partial charge on any atom is 0.238 e. The maximum absolute atomic E-state index is 14.4. The van der Waals surface area contributed by atoms with Gasteiger partial charge in [0.25, 0.3) is 0 Å². The second-order valence-corrected chi connectivity index (χ2v) is 8.49. The predicted octanol–water partition coefficient (Wildman–Crippen LogP) is 2.01. The largest absolute Gasteiger partial charge is 0.396 e. The molecule has 6 atom stereocenters. The number of carbonyl (C=O) groups excluding carboxylic acids is 2. The van der Waals surface area contributed by atoms with E-state index in [0.717, 1.165) is 17.0 Å². The highest BCUT2D eigenvalue weighted by atomic mass is 19.1. The molecule has 1 aromatic carbocycles. The summed E-state index contributed by atoms with van der Waals surface area (Å²) in [5.74, 6) is -3.42. The zero-order valence-corrected chi connectivity index (χ0v) is 17.3. The van der Waals surface area contributed by atoms with Crippen molar-refractivity contribution in [3.8, 4) is 12.3 Å². The first-order valence-electron chi connectivity index (χ1n) is 10.7. The Kier molecular flexibility index (Phi) is 6.26. The third kappa shape index (κ3) is 3.78. The Morgan fingerprint density at radius 2 is 1.94 bits per heavy atom. The van der Waals surface area contributed by atoms with Crippen molar-refractivity contribution in [2.75, 3.05) is 11.5 Å². The summed E-state index contributed by atoms with van der Waals surface area (Å²) in [6.07, 6.45) is 4.83. The van der Waals surface area contributed by atoms with E-state index < -0.39 is 53.4 Å². The van der Waals surface area contributed by atoms with Crippen LogP contribution < -0.4 is 4.90 Å². The molecule has 7 nitrogen and oxygen atoms in total. The number of benzene rings is 1. The number of aliphatic hydroxyl groups excluding tert-OH is 2. The van der Waals surface area contributed by atoms with Crippen LogP contribution in [-0.4, -0.2) is 46.6 Å². The van der Waals surface area contributed by atoms with Gasteiger partial charge in [-0.05, 0) is 31.4 Å². The van der Waals surface area contributed by atoms with Crippen molar-refractivity contribution in [2.24, 2.45) is 28.8 Å². The van der Waals surface area contributed by atoms with Crippen molar-refractivity contribution in [3.63, 3.8) is 0 Å². The molecule has 1 aliphatic heterocycles. The van der Waals surface area contributed by atoms with E-state index in [1.165, 1.54) is 0 Å². The van der Waals surface area contributed by atoms with Crippen molar-refractivity contribution in [3.05, 3.63) is 29.8 Å². The minimum absolute atomic E-state index is 0.0906. The fourth-order valence-corrected chi connectivity index (χ4v) is 5.24. The standard InChI is InChI=1S/C23H24F2N2O5/c1-2-3-4-9-32-26-16-11-18(28)21(29)19-13(16)6-7-14-20(19)23(31)27(22(14)30)17-8-5-12(24)10-15(17)25/h1,5,8,10,13-14,18-21,28-29H,3-4,6-7,9,11H2/b26-16-/t13-,14+,18+,19-,20-,21+/m0/s1. The lowest BCUT2D eigenvalue weighted by molar-refractivity contribution is -0.132. The second kappa shape index (κ2) is 8.96. The fraction of sp³-hybridized carbons (Fsp3) is 0.522. The third-order valence-corrected chi connectivity index (χ3v) is 6.67. The molecule has 1 heterocycles. The van der Waals surface area contributed by atoms with Crippen molar-refractivity contribution in [1.82, 2.24) is 0 Å². The number of aliphatic hydroxyl groups is 2. The van der Waals surface area contributed by atoms with E-state index in [-0.39, 0.29) is 18.0 Å². The Morgan fingerprint density at radius 3 is 2.66 bits per heavy atom. The van der Waals surface area contributed by atoms with Gasteiger partial charge in [-0.25, -0.2) is 13.7 Å². The van der Waals surface area contributed by atoms with Gasteiger partial charge in [0.2, 0.25) is 11.8 Å². The van der Waals surface area contributed by atoms with Crippen molar-refractivity contribution in [1.29, 1.82) is 0 Å². The van der Waals surface area contributed by atoms with Crippen LogP contribution in [-0.2, 0) is 14.4 Å². The van der Waals surface area contributed by atoms with Gasteiger partial charge in [0.15, 0.2) is 0 Å². The molecule has 0 radical (unpaired) electrons. The highest BCUT2D eigenvalue weighted by Gasteiger charge is 2.60. The summed E-state index contributed by atoms with van der Waals surface area (Å²) in [6, 6.07) is 2.64. The number of rotatable bonds is 5. The number of carbonyl (C=O) groups is 2. The molecular weight excluding hydrogens is 422 g/mol. The summed E-state index contributed by atoms with van der Waals surface area (Å²) in [5, 5.41) is 25.3. The van der Waals surface area contributed by atoms with Gasteiger partial charge < -0.3 is 15.1 Å². The zero-order chi connectivity index (χ0) is 23.0. The monoisotopic (exact) mass is 446 g/mol. The smallest absolute Gasteiger partial charge is 0.238 e. The van der Waals surface area contributed by atoms with Crippen LogP contribution in [0.5, 0.6) is 0 Å². The molecule has 1 saturated heterocycles. The molecular formula is C23H24F2N2O5. The zero-order valence-electron chi connectivity index (χ0n) is 17.3. The average molecular weight is 446 g/mol. The van der Waals surface area contributed by atoms with Gasteiger partial charge in [0, 0.05) is 30.7 Å². The summed E-state index contributed by atoms with van der Waals surface area (Å²) in [4.78, 5) is 32.4. The minimum atomic E-state index is -1.25. The van der Waals surface area contributed by atoms with Crippen LogP contribution in [0.1, 0.15) is 32.1 Å². The lowest BCUT2D eigenvalue weighted by Crippen LogP contribution is -2.54. The van der Waals surface area contributed by atoms with E-state index in [1.54, 1.807) is 0 Å². The topological polar surface area (TPSA) is 99.4 Å². The predicted molar refractivity (Wildman–Crippen MR) is 110 cm³/mol. The van der Waals surface area contributed by atoms with E-state index in [2.05, 4.69) is 11.1 Å². The SMILES string of the molecule is C#CCCCO/N=C1/C[C@@H](O)[C@@H](O)[C@@H]2[C@H]3C(=O)N(c4ccc(F)cc4F)C(=O)[C@@H]3CC[C@@H]12. The van der Waals surface area contributed by atoms with E-state index in [9.17, 15) is 28.6 Å². The van der Waals surface area contributed by atoms with Crippen LogP contribution in [0.4, 0.5) is 14.5 Å². The van der Waals surface area contributed by atoms with E-state index in [4.69, 9.17) is 11.3 Å². The number of anilines is 1. The molecule has 2 saturated carbocycles. The molecule has 170 valence electrons. The second-order valence-electron chi connectivity index (χ2n) is 8.49. The van der Waals surface area contributed by atoms with Crippen LogP contribution in [0.2, 0.25) is 0 Å². The van der Waals surface area contributed by atoms with Gasteiger partial charge in [0.05, 0.1) is 35.4 Å². The molecule has 0 unspecified atom stereocenters. The summed E-state index contributed by atoms with van der Waals surface area (Å²) >= 11 is 0. The summed E-state index contributed by atoms with van der Waals surface area (Å²) in [5.41, 5.74) is 0.211. The lowest BCUT2D eigenvalue weighted by atomic mass is 9.60. The average Bonchev–Trinajstić information content (AvgIpc) is 3.01. The van der Waals surface area contributed by atoms with Gasteiger partial charge in [0.1, 0.15) is 18.2 Å². The van der Waals surface area contributed by atoms with E-state index in [1.807, 2.05) is 0 Å². The highest BCUT2D eigenvalue weighted by Crippen LogP contribution is 2.50. The van der Waals surface area contributed by atoms with Gasteiger partial charge in [-0.3, -0.25) is 9.59 Å². The first-order valence-corrected chi connectivity index (χ1v) is 10.7. The Morgan fingerprint density at radius 1 is 1.19 bits per heavy atom. The normalized spacial score (nSPS) is 33.1. The molecule has 0 bridgehead atoms. The molecule has 2 N–H and O–H groups in total. The summed E-state index contributed by atoms with van der Waals surface area (Å²) in [7, 11) is 0. The molecule has 1 aromatic rings. The van der Waals surface area contributed by atoms with Crippen molar-refractivity contribution < 1.29 is 33.4 Å². The quantitative estimate of drug-likeness (QED) is 0.312. The van der Waals surface area contributed by atoms with Gasteiger partial charge in [-0.15, -0.1) is 12.3 Å². The number of imide groups is 1. The number of nitrogens with zero attached hydrogens (tertiary/aromatic N) is 2. The Balaban J connectivity index is 1.62. The molecule has 4 rings (SSSR count). The van der Waals surface area contributed by atoms with Crippen LogP contribution >= 0.6 is 0 Å². The van der Waals surface area contributed by atoms with E-state index in [0.29, 0.717) is 44.1 Å². The molecule has 2 aliphatic carbocycles. The number of amides is 2. The van der Waals surface area contributed by atoms with Crippen LogP contribution in [0.25, 0.3) is 0 Å². The Bertz CT molecular complexity index is 991. The number of hydrogen-bond acceptors (Lipinski definition) is 6. The number of hydrogen-bond donors (Lipinski definition) is 2. The Labute approximate surface area is 184 Å². The number of fused-ring (bicyclic) bond motifs is 3. The van der Waals surface area contributed by atoms with Gasteiger partial charge >= 0.3 is 0 Å². The molecule has 9 heteroatoms. The molecule has 2 amide bonds. The molecule has 0 spiro atoms. The van der Waals surface area contributed by atoms with Crippen LogP contribution in [0.15, 0.2) is 23.4 Å². The number of unbranched alkanes of at least 4 members (excludes halogenated alkanes) is 1. The maximum atomic E-state index is 14.4. The number of oxime groups is 1. The summed E-state index contributed by atoms with van der Waals surface area (Å²) in [6.45, 7) is 0.296. The first kappa shape index (κ1) is 22.4. The van der Waals surface area contributed by atoms with Crippen molar-refractivity contribution >= 4 is 23.2 Å². The van der Waals surface area contributed by atoms with Crippen LogP contribution in [0.3, 0.4) is 0 Å². The van der Waals surface area contributed by atoms with E-state index >= 15 is 0 Å². The fourth-order valence-electron chi connectivity index (χ4n) is 5.24. The Hall–Kier alpha value is -2.83. The van der Waals surface area contributed by atoms with Crippen molar-refractivity contribution in [2.45, 2.75) is 44.3 Å². The number of terminal acetylenes is 1. The van der Waals surface area contributed by atoms with Crippen LogP contribution in [0, 0.1) is 47.6 Å². The molecule has 3 fully saturated rings. The minimum Gasteiger partial charge on any atom is -0.396 e. The summed E-state index contributed by atoms with van der Waals surface area (Å²) < 4.78 is 27.7. The first-order chi connectivity index (χ1) is 15.3. The number of halogens is 2.